The molecule has 0 fully saturated rings. The van der Waals surface area contributed by atoms with Crippen LogP contribution in [0.5, 0.6) is 0 Å². The second-order valence-electron chi connectivity index (χ2n) is 4.72. The fourth-order valence-corrected chi connectivity index (χ4v) is 2.57. The van der Waals surface area contributed by atoms with Crippen molar-refractivity contribution in [3.05, 3.63) is 21.9 Å². The van der Waals surface area contributed by atoms with Crippen LogP contribution in [0.3, 0.4) is 0 Å². The molecule has 0 saturated heterocycles. The number of carbonyl (C=O) groups is 1. The number of aliphatic hydroxyl groups is 1. The molecule has 4 nitrogen and oxygen atoms in total. The van der Waals surface area contributed by atoms with E-state index in [1.165, 1.54) is 11.3 Å². The largest absolute Gasteiger partial charge is 0.395 e. The van der Waals surface area contributed by atoms with E-state index in [0.717, 1.165) is 11.3 Å². The minimum Gasteiger partial charge on any atom is -0.395 e. The van der Waals surface area contributed by atoms with Gasteiger partial charge in [0, 0.05) is 31.5 Å². The Morgan fingerprint density at radius 3 is 2.95 bits per heavy atom. The molecule has 1 atom stereocenters. The van der Waals surface area contributed by atoms with Crippen molar-refractivity contribution in [1.82, 2.24) is 4.90 Å². The van der Waals surface area contributed by atoms with Gasteiger partial charge in [0.05, 0.1) is 23.7 Å². The zero-order valence-electron chi connectivity index (χ0n) is 12.9. The summed E-state index contributed by atoms with van der Waals surface area (Å²) in [5.41, 5.74) is 0.671. The lowest BCUT2D eigenvalue weighted by atomic mass is 10.2. The predicted molar refractivity (Wildman–Crippen MR) is 85.6 cm³/mol. The first kappa shape index (κ1) is 17.7. The minimum absolute atomic E-state index is 0.0212. The highest BCUT2D eigenvalue weighted by atomic mass is 32.1. The van der Waals surface area contributed by atoms with Crippen LogP contribution in [0.15, 0.2) is 11.4 Å². The Morgan fingerprint density at radius 2 is 2.33 bits per heavy atom. The van der Waals surface area contributed by atoms with E-state index in [1.807, 2.05) is 23.3 Å². The lowest BCUT2D eigenvalue weighted by molar-refractivity contribution is 0.0614. The second-order valence-corrected chi connectivity index (χ2v) is 5.63. The van der Waals surface area contributed by atoms with Crippen LogP contribution in [-0.2, 0) is 4.74 Å². The van der Waals surface area contributed by atoms with E-state index in [4.69, 9.17) is 9.84 Å². The van der Waals surface area contributed by atoms with Crippen molar-refractivity contribution >= 4 is 17.2 Å². The van der Waals surface area contributed by atoms with Crippen molar-refractivity contribution in [2.24, 2.45) is 0 Å². The monoisotopic (exact) mass is 309 g/mol. The highest BCUT2D eigenvalue weighted by Crippen LogP contribution is 2.17. The van der Waals surface area contributed by atoms with E-state index >= 15 is 0 Å². The Balaban J connectivity index is 2.81. The van der Waals surface area contributed by atoms with Gasteiger partial charge in [-0.2, -0.15) is 0 Å². The first-order valence-corrected chi connectivity index (χ1v) is 8.00. The highest BCUT2D eigenvalue weighted by Gasteiger charge is 2.21. The predicted octanol–water partition coefficient (Wildman–Crippen LogP) is 2.37. The fraction of sp³-hybridized carbons (Fsp3) is 0.562. The summed E-state index contributed by atoms with van der Waals surface area (Å²) in [4.78, 5) is 15.3. The average Bonchev–Trinajstić information content (AvgIpc) is 2.96. The van der Waals surface area contributed by atoms with Crippen LogP contribution in [-0.4, -0.2) is 48.8 Å². The highest BCUT2D eigenvalue weighted by molar-refractivity contribution is 7.10. The van der Waals surface area contributed by atoms with Crippen LogP contribution in [0, 0.1) is 11.8 Å². The number of thiophene rings is 1. The summed E-state index contributed by atoms with van der Waals surface area (Å²) < 4.78 is 5.09. The SMILES string of the molecule is CCC(C)N(CCOC)C(=O)c1csc(C#CCCO)c1. The summed E-state index contributed by atoms with van der Waals surface area (Å²) >= 11 is 1.45. The number of amides is 1. The molecule has 0 aromatic carbocycles. The Hall–Kier alpha value is -1.35. The Bertz CT molecular complexity index is 501. The summed E-state index contributed by atoms with van der Waals surface area (Å²) in [5, 5.41) is 10.6. The summed E-state index contributed by atoms with van der Waals surface area (Å²) in [7, 11) is 1.64. The van der Waals surface area contributed by atoms with Crippen molar-refractivity contribution < 1.29 is 14.6 Å². The Labute approximate surface area is 130 Å². The zero-order valence-corrected chi connectivity index (χ0v) is 13.7. The lowest BCUT2D eigenvalue weighted by Crippen LogP contribution is -2.40. The van der Waals surface area contributed by atoms with Gasteiger partial charge in [0.15, 0.2) is 0 Å². The quantitative estimate of drug-likeness (QED) is 0.787. The van der Waals surface area contributed by atoms with E-state index in [0.29, 0.717) is 25.1 Å². The molecule has 0 spiro atoms. The summed E-state index contributed by atoms with van der Waals surface area (Å²) in [6.07, 6.45) is 1.36. The topological polar surface area (TPSA) is 49.8 Å². The standard InChI is InChI=1S/C16H23NO3S/c1-4-13(2)17(8-10-20-3)16(19)14-11-15(21-12-14)7-5-6-9-18/h11-13,18H,4,6,8-10H2,1-3H3. The normalized spacial score (nSPS) is 11.6. The second kappa shape index (κ2) is 9.56. The van der Waals surface area contributed by atoms with E-state index in [9.17, 15) is 4.79 Å². The molecule has 1 heterocycles. The number of ether oxygens (including phenoxy) is 1. The zero-order chi connectivity index (χ0) is 15.7. The number of methoxy groups -OCH3 is 1. The Kier molecular flexibility index (Phi) is 8.06. The summed E-state index contributed by atoms with van der Waals surface area (Å²) in [5.74, 6) is 5.85. The van der Waals surface area contributed by atoms with Crippen molar-refractivity contribution in [3.8, 4) is 11.8 Å². The van der Waals surface area contributed by atoms with Crippen molar-refractivity contribution in [2.45, 2.75) is 32.7 Å². The third-order valence-corrected chi connectivity index (χ3v) is 4.06. The van der Waals surface area contributed by atoms with Crippen molar-refractivity contribution in [3.63, 3.8) is 0 Å². The molecule has 21 heavy (non-hydrogen) atoms. The van der Waals surface area contributed by atoms with Crippen LogP contribution >= 0.6 is 11.3 Å². The molecule has 0 saturated carbocycles. The van der Waals surface area contributed by atoms with Crippen LogP contribution in [0.1, 0.15) is 41.9 Å². The van der Waals surface area contributed by atoms with E-state index < -0.39 is 0 Å². The number of hydrogen-bond donors (Lipinski definition) is 1. The third-order valence-electron chi connectivity index (χ3n) is 3.21. The number of hydrogen-bond acceptors (Lipinski definition) is 4. The molecule has 0 bridgehead atoms. The van der Waals surface area contributed by atoms with Gasteiger partial charge < -0.3 is 14.7 Å². The molecule has 1 aromatic heterocycles. The van der Waals surface area contributed by atoms with Crippen molar-refractivity contribution in [2.75, 3.05) is 26.9 Å². The van der Waals surface area contributed by atoms with Gasteiger partial charge in [0.25, 0.3) is 5.91 Å². The average molecular weight is 309 g/mol. The molecule has 5 heteroatoms. The molecular weight excluding hydrogens is 286 g/mol. The molecule has 116 valence electrons. The van der Waals surface area contributed by atoms with E-state index in [2.05, 4.69) is 18.8 Å². The third kappa shape index (κ3) is 5.50. The molecule has 1 amide bonds. The Morgan fingerprint density at radius 1 is 1.57 bits per heavy atom. The summed E-state index contributed by atoms with van der Waals surface area (Å²) in [6, 6.07) is 2.00. The number of carbonyl (C=O) groups excluding carboxylic acids is 1. The maximum Gasteiger partial charge on any atom is 0.255 e. The van der Waals surface area contributed by atoms with E-state index in [-0.39, 0.29) is 18.6 Å². The maximum atomic E-state index is 12.6. The molecule has 1 N–H and O–H groups in total. The van der Waals surface area contributed by atoms with Crippen LogP contribution in [0.25, 0.3) is 0 Å². The number of aliphatic hydroxyl groups excluding tert-OH is 1. The van der Waals surface area contributed by atoms with E-state index in [1.54, 1.807) is 7.11 Å². The van der Waals surface area contributed by atoms with Gasteiger partial charge >= 0.3 is 0 Å². The number of rotatable bonds is 7. The smallest absolute Gasteiger partial charge is 0.255 e. The first-order chi connectivity index (χ1) is 10.1. The van der Waals surface area contributed by atoms with Gasteiger partial charge in [0.2, 0.25) is 0 Å². The molecule has 0 aliphatic rings. The van der Waals surface area contributed by atoms with Gasteiger partial charge in [0.1, 0.15) is 0 Å². The molecular formula is C16H23NO3S. The molecule has 0 radical (unpaired) electrons. The maximum absolute atomic E-state index is 12.6. The fourth-order valence-electron chi connectivity index (χ4n) is 1.82. The number of nitrogens with zero attached hydrogens (tertiary/aromatic N) is 1. The molecule has 0 aliphatic carbocycles. The van der Waals surface area contributed by atoms with Gasteiger partial charge in [-0.1, -0.05) is 18.8 Å². The minimum atomic E-state index is 0.0212. The van der Waals surface area contributed by atoms with Crippen LogP contribution in [0.2, 0.25) is 0 Å². The summed E-state index contributed by atoms with van der Waals surface area (Å²) in [6.45, 7) is 5.29. The lowest BCUT2D eigenvalue weighted by Gasteiger charge is -2.28. The van der Waals surface area contributed by atoms with Crippen LogP contribution < -0.4 is 0 Å². The molecule has 1 rings (SSSR count). The van der Waals surface area contributed by atoms with Gasteiger partial charge in [-0.15, -0.1) is 11.3 Å². The van der Waals surface area contributed by atoms with Gasteiger partial charge in [-0.05, 0) is 19.4 Å². The molecule has 0 aliphatic heterocycles. The first-order valence-electron chi connectivity index (χ1n) is 7.12. The molecule has 1 aromatic rings. The van der Waals surface area contributed by atoms with Gasteiger partial charge in [-0.25, -0.2) is 0 Å². The van der Waals surface area contributed by atoms with Gasteiger partial charge in [-0.3, -0.25) is 4.79 Å². The van der Waals surface area contributed by atoms with Crippen molar-refractivity contribution in [1.29, 1.82) is 0 Å². The molecule has 1 unspecified atom stereocenters. The van der Waals surface area contributed by atoms with Crippen LogP contribution in [0.4, 0.5) is 0 Å².